The van der Waals surface area contributed by atoms with Crippen LogP contribution in [-0.2, 0) is 21.4 Å². The number of aromatic nitrogens is 2. The van der Waals surface area contributed by atoms with Gasteiger partial charge in [-0.05, 0) is 30.3 Å². The smallest absolute Gasteiger partial charge is 0.407 e. The number of benzene rings is 1. The molecule has 0 aliphatic heterocycles. The second-order valence-corrected chi connectivity index (χ2v) is 7.37. The zero-order chi connectivity index (χ0) is 19.4. The van der Waals surface area contributed by atoms with Crippen LogP contribution in [0.5, 0.6) is 0 Å². The quantitative estimate of drug-likeness (QED) is 0.725. The average Bonchev–Trinajstić information content (AvgIpc) is 3.12. The van der Waals surface area contributed by atoms with Gasteiger partial charge in [0.15, 0.2) is 0 Å². The highest BCUT2D eigenvalue weighted by Crippen LogP contribution is 2.27. The standard InChI is InChI=1S/C18H16FN3O4S/c1-20-18(23)26-12-13-8-17(14-4-2-5-15(19)9-14)22(11-13)27(24,25)16-6-3-7-21-10-16/h2-11H,12H2,1H3,(H,20,23). The molecule has 1 aromatic carbocycles. The number of carbonyl (C=O) groups excluding carboxylic acids is 1. The SMILES string of the molecule is CNC(=O)OCc1cc(-c2cccc(F)c2)n(S(=O)(=O)c2cccnc2)c1. The summed E-state index contributed by atoms with van der Waals surface area (Å²) < 4.78 is 45.7. The molecule has 140 valence electrons. The maximum absolute atomic E-state index is 13.7. The van der Waals surface area contributed by atoms with Crippen LogP contribution in [0.15, 0.2) is 66.0 Å². The monoisotopic (exact) mass is 389 g/mol. The molecule has 0 spiro atoms. The lowest BCUT2D eigenvalue weighted by Crippen LogP contribution is -2.18. The highest BCUT2D eigenvalue weighted by Gasteiger charge is 2.22. The molecule has 1 amide bonds. The molecule has 7 nitrogen and oxygen atoms in total. The third-order valence-electron chi connectivity index (χ3n) is 3.73. The number of rotatable bonds is 5. The van der Waals surface area contributed by atoms with E-state index in [4.69, 9.17) is 4.74 Å². The molecule has 0 saturated heterocycles. The van der Waals surface area contributed by atoms with Crippen molar-refractivity contribution in [2.75, 3.05) is 7.05 Å². The minimum absolute atomic E-state index is 0.0166. The van der Waals surface area contributed by atoms with Gasteiger partial charge in [0.1, 0.15) is 17.3 Å². The van der Waals surface area contributed by atoms with E-state index in [0.717, 1.165) is 3.97 Å². The molecule has 0 unspecified atom stereocenters. The molecule has 27 heavy (non-hydrogen) atoms. The summed E-state index contributed by atoms with van der Waals surface area (Å²) in [7, 11) is -2.56. The van der Waals surface area contributed by atoms with Crippen LogP contribution in [0.1, 0.15) is 5.56 Å². The third-order valence-corrected chi connectivity index (χ3v) is 5.39. The maximum atomic E-state index is 13.7. The van der Waals surface area contributed by atoms with Crippen molar-refractivity contribution in [2.24, 2.45) is 0 Å². The Balaban J connectivity index is 2.10. The largest absolute Gasteiger partial charge is 0.445 e. The van der Waals surface area contributed by atoms with E-state index < -0.39 is 21.9 Å². The lowest BCUT2D eigenvalue weighted by atomic mass is 10.1. The average molecular weight is 389 g/mol. The molecule has 0 fully saturated rings. The summed E-state index contributed by atoms with van der Waals surface area (Å²) >= 11 is 0. The highest BCUT2D eigenvalue weighted by molar-refractivity contribution is 7.90. The van der Waals surface area contributed by atoms with Crippen LogP contribution in [0.2, 0.25) is 0 Å². The summed E-state index contributed by atoms with van der Waals surface area (Å²) in [6, 6.07) is 10.0. The van der Waals surface area contributed by atoms with Gasteiger partial charge in [-0.2, -0.15) is 0 Å². The van der Waals surface area contributed by atoms with Gasteiger partial charge in [0.2, 0.25) is 0 Å². The van der Waals surface area contributed by atoms with Gasteiger partial charge in [-0.1, -0.05) is 12.1 Å². The first kappa shape index (κ1) is 18.6. The first-order chi connectivity index (χ1) is 12.9. The lowest BCUT2D eigenvalue weighted by Gasteiger charge is -2.10. The number of halogens is 1. The van der Waals surface area contributed by atoms with Crippen LogP contribution in [0.4, 0.5) is 9.18 Å². The van der Waals surface area contributed by atoms with Gasteiger partial charge in [-0.25, -0.2) is 21.6 Å². The Kier molecular flexibility index (Phi) is 5.22. The molecule has 2 heterocycles. The lowest BCUT2D eigenvalue weighted by molar-refractivity contribution is 0.142. The number of nitrogens with zero attached hydrogens (tertiary/aromatic N) is 2. The molecule has 0 saturated carbocycles. The predicted molar refractivity (Wildman–Crippen MR) is 95.9 cm³/mol. The van der Waals surface area contributed by atoms with Crippen molar-refractivity contribution >= 4 is 16.1 Å². The summed E-state index contributed by atoms with van der Waals surface area (Å²) in [6.45, 7) is -0.141. The van der Waals surface area contributed by atoms with Crippen molar-refractivity contribution in [3.8, 4) is 11.3 Å². The number of nitrogens with one attached hydrogen (secondary N) is 1. The number of amides is 1. The molecule has 0 bridgehead atoms. The van der Waals surface area contributed by atoms with Crippen LogP contribution in [0.25, 0.3) is 11.3 Å². The minimum atomic E-state index is -3.98. The first-order valence-corrected chi connectivity index (χ1v) is 9.33. The van der Waals surface area contributed by atoms with Crippen molar-refractivity contribution in [2.45, 2.75) is 11.5 Å². The van der Waals surface area contributed by atoms with Gasteiger partial charge in [0, 0.05) is 36.8 Å². The number of carbonyl (C=O) groups is 1. The molecule has 9 heteroatoms. The predicted octanol–water partition coefficient (Wildman–Crippen LogP) is 2.78. The minimum Gasteiger partial charge on any atom is -0.445 e. The summed E-state index contributed by atoms with van der Waals surface area (Å²) in [6.07, 6.45) is 3.38. The van der Waals surface area contributed by atoms with E-state index in [1.807, 2.05) is 0 Å². The van der Waals surface area contributed by atoms with Crippen molar-refractivity contribution in [1.82, 2.24) is 14.3 Å². The van der Waals surface area contributed by atoms with Crippen molar-refractivity contribution in [1.29, 1.82) is 0 Å². The van der Waals surface area contributed by atoms with Crippen molar-refractivity contribution < 1.29 is 22.3 Å². The van der Waals surface area contributed by atoms with E-state index in [2.05, 4.69) is 10.3 Å². The van der Waals surface area contributed by atoms with E-state index >= 15 is 0 Å². The second-order valence-electron chi connectivity index (χ2n) is 5.56. The van der Waals surface area contributed by atoms with E-state index in [1.165, 1.54) is 62.0 Å². The number of pyridine rings is 1. The zero-order valence-corrected chi connectivity index (χ0v) is 15.1. The van der Waals surface area contributed by atoms with E-state index in [0.29, 0.717) is 11.1 Å². The Labute approximate surface area is 155 Å². The van der Waals surface area contributed by atoms with Crippen LogP contribution >= 0.6 is 0 Å². The van der Waals surface area contributed by atoms with Gasteiger partial charge in [-0.15, -0.1) is 0 Å². The van der Waals surface area contributed by atoms with Crippen LogP contribution in [0, 0.1) is 5.82 Å². The van der Waals surface area contributed by atoms with E-state index in [-0.39, 0.29) is 17.2 Å². The van der Waals surface area contributed by atoms with Gasteiger partial charge in [-0.3, -0.25) is 4.98 Å². The number of hydrogen-bond acceptors (Lipinski definition) is 5. The fraction of sp³-hybridized carbons (Fsp3) is 0.111. The van der Waals surface area contributed by atoms with Crippen LogP contribution in [0.3, 0.4) is 0 Å². The van der Waals surface area contributed by atoms with Crippen LogP contribution < -0.4 is 5.32 Å². The number of ether oxygens (including phenoxy) is 1. The molecule has 3 aromatic rings. The Morgan fingerprint density at radius 3 is 2.74 bits per heavy atom. The third kappa shape index (κ3) is 3.98. The van der Waals surface area contributed by atoms with Gasteiger partial charge >= 0.3 is 6.09 Å². The molecule has 1 N–H and O–H groups in total. The van der Waals surface area contributed by atoms with Gasteiger partial charge in [0.25, 0.3) is 10.0 Å². The van der Waals surface area contributed by atoms with E-state index in [9.17, 15) is 17.6 Å². The molecule has 0 atom stereocenters. The molecule has 0 aliphatic carbocycles. The Hall–Kier alpha value is -3.20. The molecule has 2 aromatic heterocycles. The summed E-state index contributed by atoms with van der Waals surface area (Å²) in [5, 5.41) is 2.31. The van der Waals surface area contributed by atoms with Crippen molar-refractivity contribution in [3.63, 3.8) is 0 Å². The zero-order valence-electron chi connectivity index (χ0n) is 14.3. The number of alkyl carbamates (subject to hydrolysis) is 1. The molecular formula is C18H16FN3O4S. The van der Waals surface area contributed by atoms with Gasteiger partial charge in [0.05, 0.1) is 5.69 Å². The highest BCUT2D eigenvalue weighted by atomic mass is 32.2. The Bertz CT molecular complexity index is 1070. The Morgan fingerprint density at radius 2 is 2.07 bits per heavy atom. The maximum Gasteiger partial charge on any atom is 0.407 e. The van der Waals surface area contributed by atoms with E-state index in [1.54, 1.807) is 6.07 Å². The van der Waals surface area contributed by atoms with Crippen LogP contribution in [-0.4, -0.2) is 30.5 Å². The first-order valence-electron chi connectivity index (χ1n) is 7.89. The fourth-order valence-corrected chi connectivity index (χ4v) is 3.83. The summed E-state index contributed by atoms with van der Waals surface area (Å²) in [5.74, 6) is -0.498. The molecule has 0 radical (unpaired) electrons. The summed E-state index contributed by atoms with van der Waals surface area (Å²) in [5.41, 5.74) is 1.05. The topological polar surface area (TPSA) is 90.3 Å². The van der Waals surface area contributed by atoms with Crippen molar-refractivity contribution in [3.05, 3.63) is 72.4 Å². The fourth-order valence-electron chi connectivity index (χ4n) is 2.47. The van der Waals surface area contributed by atoms with Gasteiger partial charge < -0.3 is 10.1 Å². The molecule has 0 aliphatic rings. The summed E-state index contributed by atoms with van der Waals surface area (Å²) in [4.78, 5) is 15.1. The number of hydrogen-bond donors (Lipinski definition) is 1. The molecular weight excluding hydrogens is 373 g/mol. The Morgan fingerprint density at radius 1 is 1.26 bits per heavy atom. The molecule has 3 rings (SSSR count). The second kappa shape index (κ2) is 7.58. The normalized spacial score (nSPS) is 11.2.